The molecule has 0 saturated carbocycles. The predicted molar refractivity (Wildman–Crippen MR) is 102 cm³/mol. The maximum absolute atomic E-state index is 11.7. The highest BCUT2D eigenvalue weighted by Gasteiger charge is 2.27. The summed E-state index contributed by atoms with van der Waals surface area (Å²) >= 11 is 12.1. The molecule has 0 atom stereocenters. The minimum absolute atomic E-state index is 0.0811. The Hall–Kier alpha value is -1.99. The number of amides is 1. The number of terminal acetylenes is 1. The lowest BCUT2D eigenvalue weighted by Gasteiger charge is -2.39. The average Bonchev–Trinajstić information content (AvgIpc) is 2.65. The van der Waals surface area contributed by atoms with Gasteiger partial charge in [-0.15, -0.1) is 6.42 Å². The Morgan fingerprint density at radius 1 is 0.880 bits per heavy atom. The van der Waals surface area contributed by atoms with Crippen molar-refractivity contribution in [2.75, 3.05) is 26.2 Å². The first-order valence-electron chi connectivity index (χ1n) is 8.09. The molecule has 1 amide bonds. The summed E-state index contributed by atoms with van der Waals surface area (Å²) in [6.45, 7) is 2.76. The number of hydrogen-bond acceptors (Lipinski definition) is 2. The molecule has 2 aromatic carbocycles. The van der Waals surface area contributed by atoms with Crippen molar-refractivity contribution in [3.8, 4) is 12.3 Å². The molecule has 1 aliphatic heterocycles. The normalized spacial score (nSPS) is 15.2. The van der Waals surface area contributed by atoms with Gasteiger partial charge < -0.3 is 4.90 Å². The smallest absolute Gasteiger partial charge is 0.298 e. The molecule has 1 fully saturated rings. The van der Waals surface area contributed by atoms with Gasteiger partial charge in [-0.25, -0.2) is 0 Å². The summed E-state index contributed by atoms with van der Waals surface area (Å²) < 4.78 is 0. The van der Waals surface area contributed by atoms with Crippen LogP contribution in [-0.2, 0) is 4.79 Å². The van der Waals surface area contributed by atoms with Crippen LogP contribution in [0.1, 0.15) is 17.2 Å². The minimum Gasteiger partial charge on any atom is -0.329 e. The van der Waals surface area contributed by atoms with Crippen molar-refractivity contribution in [2.24, 2.45) is 0 Å². The highest BCUT2D eigenvalue weighted by molar-refractivity contribution is 6.30. The maximum Gasteiger partial charge on any atom is 0.298 e. The molecule has 1 aliphatic rings. The topological polar surface area (TPSA) is 23.6 Å². The van der Waals surface area contributed by atoms with Gasteiger partial charge in [0.05, 0.1) is 6.04 Å². The van der Waals surface area contributed by atoms with Crippen molar-refractivity contribution < 1.29 is 4.79 Å². The summed E-state index contributed by atoms with van der Waals surface area (Å²) in [6.07, 6.45) is 5.23. The highest BCUT2D eigenvalue weighted by atomic mass is 35.5. The SMILES string of the molecule is C#CC(=O)N1CCN(C(c2ccc(Cl)cc2)c2ccc(Cl)cc2)CC1. The quantitative estimate of drug-likeness (QED) is 0.763. The van der Waals surface area contributed by atoms with E-state index in [1.807, 2.05) is 48.5 Å². The number of carbonyl (C=O) groups excluding carboxylic acids is 1. The lowest BCUT2D eigenvalue weighted by Crippen LogP contribution is -2.49. The van der Waals surface area contributed by atoms with E-state index in [-0.39, 0.29) is 11.9 Å². The zero-order valence-corrected chi connectivity index (χ0v) is 15.2. The molecule has 0 N–H and O–H groups in total. The van der Waals surface area contributed by atoms with Gasteiger partial charge in [-0.1, -0.05) is 47.5 Å². The van der Waals surface area contributed by atoms with Crippen molar-refractivity contribution in [3.05, 3.63) is 69.7 Å². The number of hydrogen-bond donors (Lipinski definition) is 0. The van der Waals surface area contributed by atoms with E-state index in [4.69, 9.17) is 29.6 Å². The molecule has 0 aliphatic carbocycles. The first-order chi connectivity index (χ1) is 12.1. The molecule has 128 valence electrons. The van der Waals surface area contributed by atoms with E-state index in [1.54, 1.807) is 4.90 Å². The summed E-state index contributed by atoms with van der Waals surface area (Å²) in [5, 5.41) is 1.42. The summed E-state index contributed by atoms with van der Waals surface area (Å²) in [7, 11) is 0. The predicted octanol–water partition coefficient (Wildman–Crippen LogP) is 3.86. The first-order valence-corrected chi connectivity index (χ1v) is 8.84. The molecule has 25 heavy (non-hydrogen) atoms. The Morgan fingerprint density at radius 2 is 1.32 bits per heavy atom. The summed E-state index contributed by atoms with van der Waals surface area (Å²) in [6, 6.07) is 15.9. The van der Waals surface area contributed by atoms with Crippen LogP contribution in [-0.4, -0.2) is 41.9 Å². The second kappa shape index (κ2) is 7.93. The molecule has 0 unspecified atom stereocenters. The van der Waals surface area contributed by atoms with Gasteiger partial charge in [-0.2, -0.15) is 0 Å². The highest BCUT2D eigenvalue weighted by Crippen LogP contribution is 2.31. The Bertz CT molecular complexity index is 727. The molecule has 3 nitrogen and oxygen atoms in total. The van der Waals surface area contributed by atoms with Gasteiger partial charge in [-0.05, 0) is 41.3 Å². The van der Waals surface area contributed by atoms with E-state index >= 15 is 0 Å². The number of benzene rings is 2. The lowest BCUT2D eigenvalue weighted by molar-refractivity contribution is -0.127. The Kier molecular flexibility index (Phi) is 5.65. The standard InChI is InChI=1S/C20H18Cl2N2O/c1-2-19(25)23-11-13-24(14-12-23)20(15-3-7-17(21)8-4-15)16-5-9-18(22)10-6-16/h1,3-10,20H,11-14H2. The molecule has 0 spiro atoms. The summed E-state index contributed by atoms with van der Waals surface area (Å²) in [5.41, 5.74) is 2.31. The van der Waals surface area contributed by atoms with Gasteiger partial charge in [0, 0.05) is 36.2 Å². The molecule has 1 heterocycles. The van der Waals surface area contributed by atoms with E-state index in [0.29, 0.717) is 23.1 Å². The van der Waals surface area contributed by atoms with Crippen LogP contribution in [0.3, 0.4) is 0 Å². The molecular formula is C20H18Cl2N2O. The monoisotopic (exact) mass is 372 g/mol. The lowest BCUT2D eigenvalue weighted by atomic mass is 9.96. The molecule has 1 saturated heterocycles. The fourth-order valence-electron chi connectivity index (χ4n) is 3.18. The molecule has 2 aromatic rings. The Balaban J connectivity index is 1.87. The van der Waals surface area contributed by atoms with Crippen LogP contribution >= 0.6 is 23.2 Å². The fourth-order valence-corrected chi connectivity index (χ4v) is 3.43. The number of rotatable bonds is 3. The van der Waals surface area contributed by atoms with E-state index in [2.05, 4.69) is 10.8 Å². The largest absolute Gasteiger partial charge is 0.329 e. The number of halogens is 2. The second-order valence-corrected chi connectivity index (χ2v) is 6.85. The van der Waals surface area contributed by atoms with E-state index in [9.17, 15) is 4.79 Å². The van der Waals surface area contributed by atoms with E-state index in [1.165, 1.54) is 0 Å². The van der Waals surface area contributed by atoms with Crippen LogP contribution in [0.5, 0.6) is 0 Å². The van der Waals surface area contributed by atoms with Crippen LogP contribution in [0.2, 0.25) is 10.0 Å². The fraction of sp³-hybridized carbons (Fsp3) is 0.250. The van der Waals surface area contributed by atoms with Crippen LogP contribution < -0.4 is 0 Å². The van der Waals surface area contributed by atoms with Gasteiger partial charge in [0.25, 0.3) is 5.91 Å². The third-order valence-corrected chi connectivity index (χ3v) is 4.97. The zero-order valence-electron chi connectivity index (χ0n) is 13.7. The van der Waals surface area contributed by atoms with Crippen molar-refractivity contribution >= 4 is 29.1 Å². The van der Waals surface area contributed by atoms with Crippen molar-refractivity contribution in [1.29, 1.82) is 0 Å². The Labute approximate surface area is 158 Å². The van der Waals surface area contributed by atoms with E-state index in [0.717, 1.165) is 24.2 Å². The van der Waals surface area contributed by atoms with Crippen LogP contribution in [0.15, 0.2) is 48.5 Å². The third kappa shape index (κ3) is 4.16. The molecule has 0 bridgehead atoms. The molecule has 5 heteroatoms. The molecule has 0 aromatic heterocycles. The van der Waals surface area contributed by atoms with Crippen LogP contribution in [0, 0.1) is 12.3 Å². The Morgan fingerprint density at radius 3 is 1.72 bits per heavy atom. The number of piperazine rings is 1. The van der Waals surface area contributed by atoms with Gasteiger partial charge in [0.15, 0.2) is 0 Å². The van der Waals surface area contributed by atoms with Crippen molar-refractivity contribution in [3.63, 3.8) is 0 Å². The van der Waals surface area contributed by atoms with Gasteiger partial charge >= 0.3 is 0 Å². The molecule has 0 radical (unpaired) electrons. The van der Waals surface area contributed by atoms with Gasteiger partial charge in [0.2, 0.25) is 0 Å². The van der Waals surface area contributed by atoms with Gasteiger partial charge in [-0.3, -0.25) is 9.69 Å². The molecular weight excluding hydrogens is 355 g/mol. The summed E-state index contributed by atoms with van der Waals surface area (Å²) in [5.74, 6) is 1.95. The van der Waals surface area contributed by atoms with Crippen LogP contribution in [0.4, 0.5) is 0 Å². The number of nitrogens with zero attached hydrogens (tertiary/aromatic N) is 2. The van der Waals surface area contributed by atoms with Gasteiger partial charge in [0.1, 0.15) is 0 Å². The maximum atomic E-state index is 11.7. The second-order valence-electron chi connectivity index (χ2n) is 5.98. The van der Waals surface area contributed by atoms with Crippen molar-refractivity contribution in [2.45, 2.75) is 6.04 Å². The summed E-state index contributed by atoms with van der Waals surface area (Å²) in [4.78, 5) is 15.8. The van der Waals surface area contributed by atoms with Crippen LogP contribution in [0.25, 0.3) is 0 Å². The first kappa shape index (κ1) is 17.8. The number of carbonyl (C=O) groups is 1. The van der Waals surface area contributed by atoms with E-state index < -0.39 is 0 Å². The molecule has 3 rings (SSSR count). The minimum atomic E-state index is -0.241. The van der Waals surface area contributed by atoms with Crippen molar-refractivity contribution in [1.82, 2.24) is 9.80 Å². The average molecular weight is 373 g/mol. The third-order valence-electron chi connectivity index (χ3n) is 4.46. The zero-order chi connectivity index (χ0) is 17.8.